The predicted molar refractivity (Wildman–Crippen MR) is 110 cm³/mol. The summed E-state index contributed by atoms with van der Waals surface area (Å²) in [4.78, 5) is 11.7. The lowest BCUT2D eigenvalue weighted by atomic mass is 10.0. The van der Waals surface area contributed by atoms with Gasteiger partial charge in [0.25, 0.3) is 0 Å². The van der Waals surface area contributed by atoms with E-state index in [1.165, 1.54) is 0 Å². The number of nitrogens with zero attached hydrogens (tertiary/aromatic N) is 1. The number of hydrogen-bond donors (Lipinski definition) is 1. The van der Waals surface area contributed by atoms with Gasteiger partial charge in [-0.15, -0.1) is 0 Å². The lowest BCUT2D eigenvalue weighted by Crippen LogP contribution is -2.22. The largest absolute Gasteiger partial charge is 0.497 e. The molecule has 6 nitrogen and oxygen atoms in total. The Morgan fingerprint density at radius 2 is 1.69 bits per heavy atom. The molecule has 0 spiro atoms. The number of ether oxygens (including phenoxy) is 3. The van der Waals surface area contributed by atoms with Crippen LogP contribution in [0.2, 0.25) is 0 Å². The molecule has 29 heavy (non-hydrogen) atoms. The molecule has 3 aromatic carbocycles. The zero-order chi connectivity index (χ0) is 20.5. The summed E-state index contributed by atoms with van der Waals surface area (Å²) in [6, 6.07) is 21.0. The molecule has 0 aliphatic heterocycles. The Bertz CT molecular complexity index is 1010. The first-order valence-electron chi connectivity index (χ1n) is 9.25. The Hall–Kier alpha value is -3.72. The average molecular weight is 390 g/mol. The van der Waals surface area contributed by atoms with Gasteiger partial charge in [0.15, 0.2) is 0 Å². The minimum absolute atomic E-state index is 0.170. The van der Waals surface area contributed by atoms with Crippen LogP contribution < -0.4 is 19.5 Å². The van der Waals surface area contributed by atoms with Gasteiger partial charge in [-0.1, -0.05) is 30.3 Å². The number of hydrogen-bond acceptors (Lipinski definition) is 5. The summed E-state index contributed by atoms with van der Waals surface area (Å²) in [6.45, 7) is 1.01. The van der Waals surface area contributed by atoms with Crippen molar-refractivity contribution in [1.29, 1.82) is 5.26 Å². The monoisotopic (exact) mass is 390 g/mol. The summed E-state index contributed by atoms with van der Waals surface area (Å²) in [5, 5.41) is 13.5. The van der Waals surface area contributed by atoms with Gasteiger partial charge in [0, 0.05) is 12.1 Å². The standard InChI is InChI=1S/C23H22N2O4/c1-27-18-7-9-19(10-8-18)28-14-15-29-22-11-6-17-4-2-3-5-20(17)21(22)16-25-23(26)12-13-24/h2-11H,12,14-16H2,1H3,(H,25,26). The first-order valence-corrected chi connectivity index (χ1v) is 9.25. The Labute approximate surface area is 169 Å². The fourth-order valence-electron chi connectivity index (χ4n) is 2.94. The van der Waals surface area contributed by atoms with E-state index in [9.17, 15) is 4.79 Å². The van der Waals surface area contributed by atoms with E-state index in [0.29, 0.717) is 19.0 Å². The zero-order valence-electron chi connectivity index (χ0n) is 16.2. The average Bonchev–Trinajstić information content (AvgIpc) is 2.76. The van der Waals surface area contributed by atoms with Crippen LogP contribution in [0.3, 0.4) is 0 Å². The first-order chi connectivity index (χ1) is 14.2. The van der Waals surface area contributed by atoms with Crippen molar-refractivity contribution in [3.05, 3.63) is 66.2 Å². The van der Waals surface area contributed by atoms with Crippen LogP contribution in [-0.4, -0.2) is 26.2 Å². The summed E-state index contributed by atoms with van der Waals surface area (Å²) in [5.74, 6) is 1.87. The Morgan fingerprint density at radius 1 is 0.966 bits per heavy atom. The van der Waals surface area contributed by atoms with E-state index in [-0.39, 0.29) is 18.9 Å². The van der Waals surface area contributed by atoms with Gasteiger partial charge < -0.3 is 19.5 Å². The third-order valence-corrected chi connectivity index (χ3v) is 4.37. The fraction of sp³-hybridized carbons (Fsp3) is 0.217. The molecule has 0 aliphatic carbocycles. The van der Waals surface area contributed by atoms with Gasteiger partial charge in [-0.25, -0.2) is 0 Å². The van der Waals surface area contributed by atoms with Gasteiger partial charge in [-0.2, -0.15) is 5.26 Å². The van der Waals surface area contributed by atoms with Crippen LogP contribution >= 0.6 is 0 Å². The number of rotatable bonds is 9. The van der Waals surface area contributed by atoms with E-state index in [2.05, 4.69) is 5.32 Å². The number of benzene rings is 3. The molecule has 0 atom stereocenters. The SMILES string of the molecule is COc1ccc(OCCOc2ccc3ccccc3c2CNC(=O)CC#N)cc1. The summed E-state index contributed by atoms with van der Waals surface area (Å²) >= 11 is 0. The van der Waals surface area contributed by atoms with Crippen LogP contribution in [0.25, 0.3) is 10.8 Å². The van der Waals surface area contributed by atoms with Gasteiger partial charge in [0.1, 0.15) is 36.9 Å². The number of methoxy groups -OCH3 is 1. The number of fused-ring (bicyclic) bond motifs is 1. The van der Waals surface area contributed by atoms with Crippen LogP contribution in [0.1, 0.15) is 12.0 Å². The van der Waals surface area contributed by atoms with E-state index >= 15 is 0 Å². The first kappa shape index (κ1) is 20.0. The number of carbonyl (C=O) groups excluding carboxylic acids is 1. The molecule has 3 rings (SSSR count). The van der Waals surface area contributed by atoms with E-state index < -0.39 is 0 Å². The van der Waals surface area contributed by atoms with Crippen molar-refractivity contribution >= 4 is 16.7 Å². The van der Waals surface area contributed by atoms with E-state index in [1.807, 2.05) is 66.7 Å². The highest BCUT2D eigenvalue weighted by molar-refractivity contribution is 5.88. The third kappa shape index (κ3) is 5.39. The lowest BCUT2D eigenvalue weighted by Gasteiger charge is -2.15. The van der Waals surface area contributed by atoms with Gasteiger partial charge in [0.05, 0.1) is 13.2 Å². The quantitative estimate of drug-likeness (QED) is 0.562. The van der Waals surface area contributed by atoms with Crippen molar-refractivity contribution in [2.75, 3.05) is 20.3 Å². The molecule has 3 aromatic rings. The second-order valence-corrected chi connectivity index (χ2v) is 6.25. The highest BCUT2D eigenvalue weighted by Crippen LogP contribution is 2.28. The van der Waals surface area contributed by atoms with Crippen molar-refractivity contribution in [3.63, 3.8) is 0 Å². The fourth-order valence-corrected chi connectivity index (χ4v) is 2.94. The second kappa shape index (κ2) is 10.00. The van der Waals surface area contributed by atoms with Crippen LogP contribution in [0.4, 0.5) is 0 Å². The minimum Gasteiger partial charge on any atom is -0.497 e. The van der Waals surface area contributed by atoms with Crippen molar-refractivity contribution in [2.24, 2.45) is 0 Å². The van der Waals surface area contributed by atoms with E-state index in [1.54, 1.807) is 7.11 Å². The van der Waals surface area contributed by atoms with Crippen LogP contribution in [0.5, 0.6) is 17.2 Å². The minimum atomic E-state index is -0.311. The van der Waals surface area contributed by atoms with Crippen LogP contribution in [0, 0.1) is 11.3 Å². The highest BCUT2D eigenvalue weighted by atomic mass is 16.5. The molecule has 0 fully saturated rings. The second-order valence-electron chi connectivity index (χ2n) is 6.25. The zero-order valence-corrected chi connectivity index (χ0v) is 16.2. The third-order valence-electron chi connectivity index (χ3n) is 4.37. The molecule has 6 heteroatoms. The summed E-state index contributed by atoms with van der Waals surface area (Å²) in [7, 11) is 1.62. The number of nitriles is 1. The molecule has 0 bridgehead atoms. The molecular weight excluding hydrogens is 368 g/mol. The highest BCUT2D eigenvalue weighted by Gasteiger charge is 2.11. The molecule has 0 aromatic heterocycles. The van der Waals surface area contributed by atoms with E-state index in [0.717, 1.165) is 27.8 Å². The normalized spacial score (nSPS) is 10.2. The van der Waals surface area contributed by atoms with Gasteiger partial charge in [-0.05, 0) is 41.1 Å². The number of nitrogens with one attached hydrogen (secondary N) is 1. The molecule has 0 saturated heterocycles. The van der Waals surface area contributed by atoms with Crippen molar-refractivity contribution < 1.29 is 19.0 Å². The summed E-state index contributed by atoms with van der Waals surface area (Å²) in [5.41, 5.74) is 0.874. The van der Waals surface area contributed by atoms with Crippen LogP contribution in [0.15, 0.2) is 60.7 Å². The molecule has 1 amide bonds. The molecular formula is C23H22N2O4. The molecule has 0 heterocycles. The van der Waals surface area contributed by atoms with Gasteiger partial charge in [-0.3, -0.25) is 4.79 Å². The molecule has 0 saturated carbocycles. The maximum atomic E-state index is 11.7. The molecule has 0 unspecified atom stereocenters. The summed E-state index contributed by atoms with van der Waals surface area (Å²) in [6.07, 6.45) is -0.170. The molecule has 148 valence electrons. The Balaban J connectivity index is 1.66. The molecule has 0 aliphatic rings. The van der Waals surface area contributed by atoms with Crippen molar-refractivity contribution in [1.82, 2.24) is 5.32 Å². The van der Waals surface area contributed by atoms with Crippen LogP contribution in [-0.2, 0) is 11.3 Å². The lowest BCUT2D eigenvalue weighted by molar-refractivity contribution is -0.120. The maximum absolute atomic E-state index is 11.7. The Morgan fingerprint density at radius 3 is 2.45 bits per heavy atom. The maximum Gasteiger partial charge on any atom is 0.234 e. The summed E-state index contributed by atoms with van der Waals surface area (Å²) < 4.78 is 16.8. The predicted octanol–water partition coefficient (Wildman–Crippen LogP) is 3.84. The van der Waals surface area contributed by atoms with Crippen molar-refractivity contribution in [2.45, 2.75) is 13.0 Å². The smallest absolute Gasteiger partial charge is 0.234 e. The number of amides is 1. The molecule has 0 radical (unpaired) electrons. The number of carbonyl (C=O) groups is 1. The van der Waals surface area contributed by atoms with Gasteiger partial charge >= 0.3 is 0 Å². The topological polar surface area (TPSA) is 80.6 Å². The molecule has 1 N–H and O–H groups in total. The Kier molecular flexibility index (Phi) is 6.90. The van der Waals surface area contributed by atoms with Crippen molar-refractivity contribution in [3.8, 4) is 23.3 Å². The van der Waals surface area contributed by atoms with E-state index in [4.69, 9.17) is 19.5 Å². The van der Waals surface area contributed by atoms with Gasteiger partial charge in [0.2, 0.25) is 5.91 Å².